The minimum atomic E-state index is -0.0448. The smallest absolute Gasteiger partial charge is 0.262 e. The first kappa shape index (κ1) is 20.0. The predicted molar refractivity (Wildman–Crippen MR) is 121 cm³/mol. The highest BCUT2D eigenvalue weighted by Gasteiger charge is 2.13. The standard InChI is InChI=1S/C24H22N2O3S/c1-28-19-9-5-7-17(13-19)15-26-23(27)21-11-3-4-12-22(21)25-24(26)30-16-18-8-6-10-20(14-18)29-2/h3-14H,15-16H2,1-2H3. The second kappa shape index (κ2) is 9.05. The average molecular weight is 419 g/mol. The van der Waals surface area contributed by atoms with Gasteiger partial charge in [0.15, 0.2) is 5.16 Å². The molecule has 0 saturated heterocycles. The van der Waals surface area contributed by atoms with Crippen molar-refractivity contribution in [3.8, 4) is 11.5 Å². The molecule has 5 nitrogen and oxygen atoms in total. The first-order valence-corrected chi connectivity index (χ1v) is 10.5. The molecule has 0 unspecified atom stereocenters. The Labute approximate surface area is 179 Å². The molecule has 0 fully saturated rings. The molecule has 0 aliphatic rings. The molecule has 4 aromatic rings. The monoisotopic (exact) mass is 418 g/mol. The van der Waals surface area contributed by atoms with Crippen molar-refractivity contribution in [3.05, 3.63) is 94.3 Å². The third-order valence-electron chi connectivity index (χ3n) is 4.80. The Morgan fingerprint density at radius 2 is 1.53 bits per heavy atom. The highest BCUT2D eigenvalue weighted by Crippen LogP contribution is 2.25. The Kier molecular flexibility index (Phi) is 6.05. The second-order valence-corrected chi connectivity index (χ2v) is 7.74. The van der Waals surface area contributed by atoms with Crippen LogP contribution in [-0.4, -0.2) is 23.8 Å². The summed E-state index contributed by atoms with van der Waals surface area (Å²) >= 11 is 1.54. The van der Waals surface area contributed by atoms with Gasteiger partial charge in [0.25, 0.3) is 5.56 Å². The first-order valence-electron chi connectivity index (χ1n) is 9.56. The number of benzene rings is 3. The summed E-state index contributed by atoms with van der Waals surface area (Å²) in [5.41, 5.74) is 2.75. The molecule has 152 valence electrons. The summed E-state index contributed by atoms with van der Waals surface area (Å²) in [5, 5.41) is 1.30. The van der Waals surface area contributed by atoms with Gasteiger partial charge in [-0.1, -0.05) is 48.2 Å². The lowest BCUT2D eigenvalue weighted by atomic mass is 10.2. The Balaban J connectivity index is 1.72. The molecule has 0 atom stereocenters. The molecule has 0 bridgehead atoms. The predicted octanol–water partition coefficient (Wildman–Crippen LogP) is 4.75. The highest BCUT2D eigenvalue weighted by atomic mass is 32.2. The summed E-state index contributed by atoms with van der Waals surface area (Å²) in [4.78, 5) is 18.1. The van der Waals surface area contributed by atoms with Gasteiger partial charge in [0.05, 0.1) is 31.7 Å². The molecule has 3 aromatic carbocycles. The average Bonchev–Trinajstić information content (AvgIpc) is 2.80. The Bertz CT molecular complexity index is 1240. The van der Waals surface area contributed by atoms with Crippen molar-refractivity contribution in [1.29, 1.82) is 0 Å². The van der Waals surface area contributed by atoms with Gasteiger partial charge < -0.3 is 9.47 Å². The summed E-state index contributed by atoms with van der Waals surface area (Å²) in [5.74, 6) is 2.26. The summed E-state index contributed by atoms with van der Waals surface area (Å²) in [6, 6.07) is 23.1. The van der Waals surface area contributed by atoms with Crippen LogP contribution in [0.5, 0.6) is 11.5 Å². The Hall–Kier alpha value is -3.25. The fourth-order valence-electron chi connectivity index (χ4n) is 3.26. The lowest BCUT2D eigenvalue weighted by Crippen LogP contribution is -2.24. The molecule has 0 spiro atoms. The maximum absolute atomic E-state index is 13.3. The van der Waals surface area contributed by atoms with Crippen LogP contribution >= 0.6 is 11.8 Å². The quantitative estimate of drug-likeness (QED) is 0.320. The zero-order chi connectivity index (χ0) is 20.9. The third-order valence-corrected chi connectivity index (χ3v) is 5.85. The molecular formula is C24H22N2O3S. The number of aromatic nitrogens is 2. The topological polar surface area (TPSA) is 53.3 Å². The summed E-state index contributed by atoms with van der Waals surface area (Å²) in [7, 11) is 3.29. The van der Waals surface area contributed by atoms with Crippen molar-refractivity contribution in [2.24, 2.45) is 0 Å². The van der Waals surface area contributed by atoms with Crippen molar-refractivity contribution < 1.29 is 9.47 Å². The summed E-state index contributed by atoms with van der Waals surface area (Å²) in [6.07, 6.45) is 0. The number of thioether (sulfide) groups is 1. The summed E-state index contributed by atoms with van der Waals surface area (Å²) in [6.45, 7) is 0.425. The summed E-state index contributed by atoms with van der Waals surface area (Å²) < 4.78 is 12.4. The van der Waals surface area contributed by atoms with E-state index in [4.69, 9.17) is 14.5 Å². The number of para-hydroxylation sites is 1. The van der Waals surface area contributed by atoms with E-state index in [2.05, 4.69) is 0 Å². The molecule has 0 amide bonds. The van der Waals surface area contributed by atoms with Gasteiger partial charge in [-0.05, 0) is 47.5 Å². The van der Waals surface area contributed by atoms with Gasteiger partial charge in [0.1, 0.15) is 11.5 Å². The number of methoxy groups -OCH3 is 2. The maximum atomic E-state index is 13.3. The van der Waals surface area contributed by atoms with E-state index in [9.17, 15) is 4.79 Å². The first-order chi connectivity index (χ1) is 14.7. The van der Waals surface area contributed by atoms with E-state index in [1.807, 2.05) is 72.8 Å². The van der Waals surface area contributed by atoms with Crippen LogP contribution in [0.3, 0.4) is 0 Å². The van der Waals surface area contributed by atoms with Gasteiger partial charge in [-0.25, -0.2) is 4.98 Å². The largest absolute Gasteiger partial charge is 0.497 e. The van der Waals surface area contributed by atoms with Crippen LogP contribution in [0.15, 0.2) is 82.7 Å². The van der Waals surface area contributed by atoms with Crippen LogP contribution in [0.4, 0.5) is 0 Å². The van der Waals surface area contributed by atoms with Gasteiger partial charge in [-0.2, -0.15) is 0 Å². The van der Waals surface area contributed by atoms with Crippen LogP contribution in [0.2, 0.25) is 0 Å². The van der Waals surface area contributed by atoms with E-state index in [0.29, 0.717) is 28.4 Å². The zero-order valence-corrected chi connectivity index (χ0v) is 17.7. The molecule has 0 N–H and O–H groups in total. The molecule has 1 heterocycles. The van der Waals surface area contributed by atoms with E-state index in [1.165, 1.54) is 0 Å². The lowest BCUT2D eigenvalue weighted by Gasteiger charge is -2.14. The van der Waals surface area contributed by atoms with E-state index >= 15 is 0 Å². The van der Waals surface area contributed by atoms with E-state index in [1.54, 1.807) is 30.5 Å². The highest BCUT2D eigenvalue weighted by molar-refractivity contribution is 7.98. The molecule has 0 aliphatic heterocycles. The fourth-order valence-corrected chi connectivity index (χ4v) is 4.20. The fraction of sp³-hybridized carbons (Fsp3) is 0.167. The number of nitrogens with zero attached hydrogens (tertiary/aromatic N) is 2. The van der Waals surface area contributed by atoms with Crippen molar-refractivity contribution in [2.45, 2.75) is 17.5 Å². The minimum absolute atomic E-state index is 0.0448. The lowest BCUT2D eigenvalue weighted by molar-refractivity contribution is 0.414. The van der Waals surface area contributed by atoms with Crippen molar-refractivity contribution in [3.63, 3.8) is 0 Å². The molecule has 4 rings (SSSR count). The van der Waals surface area contributed by atoms with Crippen LogP contribution in [0.25, 0.3) is 10.9 Å². The van der Waals surface area contributed by atoms with Gasteiger partial charge in [-0.15, -0.1) is 0 Å². The third kappa shape index (κ3) is 4.33. The molecule has 1 aromatic heterocycles. The van der Waals surface area contributed by atoms with Gasteiger partial charge in [0.2, 0.25) is 0 Å². The minimum Gasteiger partial charge on any atom is -0.497 e. The Morgan fingerprint density at radius 1 is 0.867 bits per heavy atom. The van der Waals surface area contributed by atoms with Crippen LogP contribution < -0.4 is 15.0 Å². The normalized spacial score (nSPS) is 10.9. The van der Waals surface area contributed by atoms with Crippen molar-refractivity contribution in [1.82, 2.24) is 9.55 Å². The number of rotatable bonds is 7. The van der Waals surface area contributed by atoms with Gasteiger partial charge >= 0.3 is 0 Å². The second-order valence-electron chi connectivity index (χ2n) is 6.79. The van der Waals surface area contributed by atoms with Crippen LogP contribution in [-0.2, 0) is 12.3 Å². The van der Waals surface area contributed by atoms with Gasteiger partial charge in [-0.3, -0.25) is 9.36 Å². The molecule has 0 aliphatic carbocycles. The zero-order valence-electron chi connectivity index (χ0n) is 16.9. The molecular weight excluding hydrogens is 396 g/mol. The Morgan fingerprint density at radius 3 is 2.27 bits per heavy atom. The van der Waals surface area contributed by atoms with E-state index in [0.717, 1.165) is 22.6 Å². The number of fused-ring (bicyclic) bond motifs is 1. The maximum Gasteiger partial charge on any atom is 0.262 e. The van der Waals surface area contributed by atoms with Crippen molar-refractivity contribution >= 4 is 22.7 Å². The molecule has 0 saturated carbocycles. The van der Waals surface area contributed by atoms with E-state index < -0.39 is 0 Å². The number of ether oxygens (including phenoxy) is 2. The van der Waals surface area contributed by atoms with Crippen molar-refractivity contribution in [2.75, 3.05) is 14.2 Å². The molecule has 30 heavy (non-hydrogen) atoms. The van der Waals surface area contributed by atoms with Gasteiger partial charge in [0, 0.05) is 5.75 Å². The SMILES string of the molecule is COc1cccc(CSc2nc3ccccc3c(=O)n2Cc2cccc(OC)c2)c1. The molecule has 0 radical (unpaired) electrons. The molecule has 6 heteroatoms. The number of hydrogen-bond donors (Lipinski definition) is 0. The van der Waals surface area contributed by atoms with E-state index in [-0.39, 0.29) is 5.56 Å². The van der Waals surface area contributed by atoms with Crippen LogP contribution in [0, 0.1) is 0 Å². The van der Waals surface area contributed by atoms with Crippen LogP contribution in [0.1, 0.15) is 11.1 Å². The number of hydrogen-bond acceptors (Lipinski definition) is 5.